The molecule has 134 valence electrons. The van der Waals surface area contributed by atoms with Crippen molar-refractivity contribution < 1.29 is 0 Å². The summed E-state index contributed by atoms with van der Waals surface area (Å²) in [6, 6.07) is 21.1. The molecule has 0 aliphatic carbocycles. The number of benzene rings is 2. The molecule has 0 N–H and O–H groups in total. The Morgan fingerprint density at radius 3 is 2.15 bits per heavy atom. The lowest BCUT2D eigenvalue weighted by Gasteiger charge is -2.11. The maximum atomic E-state index is 4.65. The fourth-order valence-electron chi connectivity index (χ4n) is 2.72. The van der Waals surface area contributed by atoms with E-state index in [4.69, 9.17) is 0 Å². The van der Waals surface area contributed by atoms with Gasteiger partial charge in [-0.15, -0.1) is 22.7 Å². The third kappa shape index (κ3) is 4.35. The van der Waals surface area contributed by atoms with E-state index in [-0.39, 0.29) is 0 Å². The highest BCUT2D eigenvalue weighted by atomic mass is 32.1. The zero-order valence-electron chi connectivity index (χ0n) is 15.3. The van der Waals surface area contributed by atoms with Gasteiger partial charge in [-0.1, -0.05) is 30.3 Å². The molecule has 27 heavy (non-hydrogen) atoms. The highest BCUT2D eigenvalue weighted by Gasteiger charge is 2.00. The Balaban J connectivity index is 1.44. The maximum absolute atomic E-state index is 4.65. The van der Waals surface area contributed by atoms with Crippen molar-refractivity contribution >= 4 is 62.9 Å². The van der Waals surface area contributed by atoms with Gasteiger partial charge in [-0.3, -0.25) is 0 Å². The van der Waals surface area contributed by atoms with Crippen LogP contribution in [0, 0.1) is 0 Å². The van der Waals surface area contributed by atoms with Crippen molar-refractivity contribution in [1.29, 1.82) is 0 Å². The molecule has 0 atom stereocenters. The van der Waals surface area contributed by atoms with Crippen molar-refractivity contribution in [3.05, 3.63) is 81.0 Å². The van der Waals surface area contributed by atoms with Crippen LogP contribution < -0.4 is 4.90 Å². The predicted molar refractivity (Wildman–Crippen MR) is 123 cm³/mol. The number of para-hydroxylation sites is 1. The maximum Gasteiger partial charge on any atom is 0.117 e. The van der Waals surface area contributed by atoms with Gasteiger partial charge in [0, 0.05) is 29.5 Å². The smallest absolute Gasteiger partial charge is 0.117 e. The van der Waals surface area contributed by atoms with Crippen molar-refractivity contribution in [3.63, 3.8) is 0 Å². The van der Waals surface area contributed by atoms with Gasteiger partial charge in [0.15, 0.2) is 0 Å². The predicted octanol–water partition coefficient (Wildman–Crippen LogP) is 6.76. The summed E-state index contributed by atoms with van der Waals surface area (Å²) in [5, 5.41) is 1.04. The van der Waals surface area contributed by atoms with Crippen LogP contribution in [0.15, 0.2) is 60.7 Å². The van der Waals surface area contributed by atoms with Crippen LogP contribution in [0.3, 0.4) is 0 Å². The third-order valence-electron chi connectivity index (χ3n) is 4.20. The van der Waals surface area contributed by atoms with Gasteiger partial charge in [-0.05, 0) is 60.2 Å². The minimum Gasteiger partial charge on any atom is -0.378 e. The molecule has 0 unspecified atom stereocenters. The van der Waals surface area contributed by atoms with E-state index in [1.807, 2.05) is 6.07 Å². The second-order valence-corrected chi connectivity index (χ2v) is 8.62. The molecule has 2 aromatic heterocycles. The van der Waals surface area contributed by atoms with Crippen molar-refractivity contribution in [2.75, 3.05) is 19.0 Å². The highest BCUT2D eigenvalue weighted by molar-refractivity contribution is 7.19. The number of hydrogen-bond acceptors (Lipinski definition) is 4. The van der Waals surface area contributed by atoms with Crippen LogP contribution in [-0.4, -0.2) is 19.1 Å². The SMILES string of the molecule is CN(C)c1ccc(/C=C/c2ccc(/C=C/c3nc4ccccc4s3)s2)cc1. The van der Waals surface area contributed by atoms with E-state index in [1.165, 1.54) is 25.7 Å². The molecule has 0 aliphatic heterocycles. The summed E-state index contributed by atoms with van der Waals surface area (Å²) < 4.78 is 1.23. The first-order chi connectivity index (χ1) is 13.2. The minimum absolute atomic E-state index is 1.04. The van der Waals surface area contributed by atoms with Crippen molar-refractivity contribution in [2.45, 2.75) is 0 Å². The van der Waals surface area contributed by atoms with Gasteiger partial charge < -0.3 is 4.90 Å². The summed E-state index contributed by atoms with van der Waals surface area (Å²) >= 11 is 3.50. The molecule has 4 heteroatoms. The number of fused-ring (bicyclic) bond motifs is 1. The molecule has 4 rings (SSSR count). The van der Waals surface area contributed by atoms with Crippen molar-refractivity contribution in [2.24, 2.45) is 0 Å². The lowest BCUT2D eigenvalue weighted by molar-refractivity contribution is 1.13. The molecule has 2 aromatic carbocycles. The van der Waals surface area contributed by atoms with E-state index in [0.29, 0.717) is 0 Å². The number of rotatable bonds is 5. The average Bonchev–Trinajstić information content (AvgIpc) is 3.31. The first-order valence-corrected chi connectivity index (χ1v) is 10.4. The minimum atomic E-state index is 1.04. The van der Waals surface area contributed by atoms with E-state index in [0.717, 1.165) is 10.5 Å². The summed E-state index contributed by atoms with van der Waals surface area (Å²) in [4.78, 5) is 9.24. The summed E-state index contributed by atoms with van der Waals surface area (Å²) in [5.74, 6) is 0. The molecular weight excluding hydrogens is 368 g/mol. The number of thiazole rings is 1. The molecule has 2 nitrogen and oxygen atoms in total. The lowest BCUT2D eigenvalue weighted by Crippen LogP contribution is -2.07. The molecule has 0 bridgehead atoms. The van der Waals surface area contributed by atoms with Crippen LogP contribution in [0.1, 0.15) is 20.3 Å². The topological polar surface area (TPSA) is 16.1 Å². The van der Waals surface area contributed by atoms with Gasteiger partial charge in [-0.2, -0.15) is 0 Å². The molecular formula is C23H20N2S2. The molecule has 0 spiro atoms. The zero-order chi connectivity index (χ0) is 18.6. The number of nitrogens with zero attached hydrogens (tertiary/aromatic N) is 2. The van der Waals surface area contributed by atoms with Crippen LogP contribution in [0.4, 0.5) is 5.69 Å². The van der Waals surface area contributed by atoms with Gasteiger partial charge >= 0.3 is 0 Å². The van der Waals surface area contributed by atoms with Crippen LogP contribution in [0.25, 0.3) is 34.5 Å². The second kappa shape index (κ2) is 7.91. The number of aromatic nitrogens is 1. The standard InChI is InChI=1S/C23H20N2S2/c1-25(2)18-10-7-17(8-11-18)9-12-19-13-14-20(26-19)15-16-23-24-21-5-3-4-6-22(21)27-23/h3-16H,1-2H3/b12-9+,16-15+. The monoisotopic (exact) mass is 388 g/mol. The average molecular weight is 389 g/mol. The van der Waals surface area contributed by atoms with E-state index < -0.39 is 0 Å². The van der Waals surface area contributed by atoms with E-state index in [2.05, 4.69) is 103 Å². The first-order valence-electron chi connectivity index (χ1n) is 8.76. The van der Waals surface area contributed by atoms with E-state index >= 15 is 0 Å². The molecule has 0 radical (unpaired) electrons. The molecule has 0 fully saturated rings. The Labute approximate surface area is 167 Å². The molecule has 2 heterocycles. The summed E-state index contributed by atoms with van der Waals surface area (Å²) in [6.07, 6.45) is 8.58. The summed E-state index contributed by atoms with van der Waals surface area (Å²) in [6.45, 7) is 0. The number of thiophene rings is 1. The van der Waals surface area contributed by atoms with E-state index in [1.54, 1.807) is 22.7 Å². The van der Waals surface area contributed by atoms with Gasteiger partial charge in [0.2, 0.25) is 0 Å². The quantitative estimate of drug-likeness (QED) is 0.375. The molecule has 0 saturated carbocycles. The molecule has 4 aromatic rings. The molecule has 0 aliphatic rings. The van der Waals surface area contributed by atoms with Gasteiger partial charge in [0.1, 0.15) is 5.01 Å². The Hall–Kier alpha value is -2.69. The summed E-state index contributed by atoms with van der Waals surface area (Å²) in [5.41, 5.74) is 3.49. The van der Waals surface area contributed by atoms with Crippen molar-refractivity contribution in [1.82, 2.24) is 4.98 Å². The van der Waals surface area contributed by atoms with Crippen LogP contribution in [0.5, 0.6) is 0 Å². The Bertz CT molecular complexity index is 1070. The molecule has 0 saturated heterocycles. The third-order valence-corrected chi connectivity index (χ3v) is 6.22. The fraction of sp³-hybridized carbons (Fsp3) is 0.0870. The highest BCUT2D eigenvalue weighted by Crippen LogP contribution is 2.25. The van der Waals surface area contributed by atoms with Crippen molar-refractivity contribution in [3.8, 4) is 0 Å². The molecule has 0 amide bonds. The van der Waals surface area contributed by atoms with Crippen LogP contribution in [-0.2, 0) is 0 Å². The Morgan fingerprint density at radius 2 is 1.44 bits per heavy atom. The largest absolute Gasteiger partial charge is 0.378 e. The Kier molecular flexibility index (Phi) is 5.19. The van der Waals surface area contributed by atoms with Gasteiger partial charge in [-0.25, -0.2) is 4.98 Å². The number of hydrogen-bond donors (Lipinski definition) is 0. The van der Waals surface area contributed by atoms with Crippen LogP contribution >= 0.6 is 22.7 Å². The normalized spacial score (nSPS) is 11.8. The second-order valence-electron chi connectivity index (χ2n) is 6.41. The Morgan fingerprint density at radius 1 is 0.741 bits per heavy atom. The lowest BCUT2D eigenvalue weighted by atomic mass is 10.2. The van der Waals surface area contributed by atoms with Crippen LogP contribution in [0.2, 0.25) is 0 Å². The first kappa shape index (κ1) is 17.7. The zero-order valence-corrected chi connectivity index (χ0v) is 16.9. The van der Waals surface area contributed by atoms with Gasteiger partial charge in [0.25, 0.3) is 0 Å². The van der Waals surface area contributed by atoms with E-state index in [9.17, 15) is 0 Å². The fourth-order valence-corrected chi connectivity index (χ4v) is 4.41. The van der Waals surface area contributed by atoms with Gasteiger partial charge in [0.05, 0.1) is 10.2 Å². The number of anilines is 1. The summed E-state index contributed by atoms with van der Waals surface area (Å²) in [7, 11) is 4.11.